The number of hydrogen-bond acceptors (Lipinski definition) is 2. The van der Waals surface area contributed by atoms with E-state index in [1.54, 1.807) is 6.07 Å². The number of rotatable bonds is 0. The van der Waals surface area contributed by atoms with Crippen molar-refractivity contribution in [3.8, 4) is 0 Å². The summed E-state index contributed by atoms with van der Waals surface area (Å²) in [5.74, 6) is -0.140. The average Bonchev–Trinajstić information content (AvgIpc) is 2.66. The normalized spacial score (nSPS) is 29.1. The van der Waals surface area contributed by atoms with Crippen LogP contribution < -0.4 is 10.6 Å². The molecule has 2 N–H and O–H groups in total. The Bertz CT molecular complexity index is 378. The lowest BCUT2D eigenvalue weighted by Crippen LogP contribution is -2.38. The number of benzene rings is 1. The van der Waals surface area contributed by atoms with E-state index in [2.05, 4.69) is 4.90 Å². The van der Waals surface area contributed by atoms with Crippen molar-refractivity contribution in [2.45, 2.75) is 31.5 Å². The molecule has 2 heterocycles. The first-order chi connectivity index (χ1) is 6.75. The van der Waals surface area contributed by atoms with Crippen LogP contribution in [0, 0.1) is 5.82 Å². The van der Waals surface area contributed by atoms with Crippen molar-refractivity contribution in [1.29, 1.82) is 0 Å². The summed E-state index contributed by atoms with van der Waals surface area (Å²) in [4.78, 5) is 2.24. The molecule has 0 aliphatic carbocycles. The number of fused-ring (bicyclic) bond motifs is 3. The van der Waals surface area contributed by atoms with Crippen LogP contribution in [0.5, 0.6) is 0 Å². The zero-order valence-electron chi connectivity index (χ0n) is 7.91. The Morgan fingerprint density at radius 3 is 3.07 bits per heavy atom. The second kappa shape index (κ2) is 2.70. The fourth-order valence-corrected chi connectivity index (χ4v) is 2.71. The van der Waals surface area contributed by atoms with E-state index in [1.807, 2.05) is 6.07 Å². The minimum atomic E-state index is -0.140. The van der Waals surface area contributed by atoms with Crippen LogP contribution in [0.2, 0.25) is 0 Å². The molecular formula is C11H13FN2. The van der Waals surface area contributed by atoms with E-state index in [4.69, 9.17) is 5.73 Å². The summed E-state index contributed by atoms with van der Waals surface area (Å²) in [6, 6.07) is 5.53. The highest BCUT2D eigenvalue weighted by Crippen LogP contribution is 2.39. The van der Waals surface area contributed by atoms with Crippen LogP contribution in [0.3, 0.4) is 0 Å². The second-order valence-electron chi connectivity index (χ2n) is 4.18. The molecule has 0 bridgehead atoms. The van der Waals surface area contributed by atoms with Gasteiger partial charge in [-0.1, -0.05) is 0 Å². The largest absolute Gasteiger partial charge is 0.353 e. The lowest BCUT2D eigenvalue weighted by atomic mass is 10.1. The zero-order chi connectivity index (χ0) is 9.71. The average molecular weight is 192 g/mol. The van der Waals surface area contributed by atoms with Crippen molar-refractivity contribution in [3.05, 3.63) is 29.6 Å². The van der Waals surface area contributed by atoms with Crippen molar-refractivity contribution in [3.63, 3.8) is 0 Å². The van der Waals surface area contributed by atoms with Gasteiger partial charge in [0.1, 0.15) is 5.82 Å². The maximum atomic E-state index is 13.0. The van der Waals surface area contributed by atoms with Gasteiger partial charge >= 0.3 is 0 Å². The molecule has 2 unspecified atom stereocenters. The second-order valence-corrected chi connectivity index (χ2v) is 4.18. The molecular weight excluding hydrogens is 179 g/mol. The van der Waals surface area contributed by atoms with Crippen LogP contribution in [0.25, 0.3) is 0 Å². The van der Waals surface area contributed by atoms with Gasteiger partial charge in [0.2, 0.25) is 0 Å². The molecule has 0 spiro atoms. The van der Waals surface area contributed by atoms with Gasteiger partial charge in [-0.2, -0.15) is 0 Å². The summed E-state index contributed by atoms with van der Waals surface area (Å²) in [7, 11) is 0. The summed E-state index contributed by atoms with van der Waals surface area (Å²) in [6.07, 6.45) is 3.28. The van der Waals surface area contributed by atoms with Crippen molar-refractivity contribution in [1.82, 2.24) is 0 Å². The molecule has 1 fully saturated rings. The molecule has 1 aromatic carbocycles. The fourth-order valence-electron chi connectivity index (χ4n) is 2.71. The molecule has 1 aromatic rings. The van der Waals surface area contributed by atoms with Gasteiger partial charge in [-0.3, -0.25) is 0 Å². The molecule has 2 nitrogen and oxygen atoms in total. The standard InChI is InChI=1S/C11H13FN2/c12-8-1-3-10-7(5-8)6-9-2-4-11(13)14(9)10/h1,3,5,9,11H,2,4,6,13H2. The van der Waals surface area contributed by atoms with Crippen LogP contribution in [0.4, 0.5) is 10.1 Å². The number of nitrogens with zero attached hydrogens (tertiary/aromatic N) is 1. The Balaban J connectivity index is 2.07. The Morgan fingerprint density at radius 2 is 2.21 bits per heavy atom. The molecule has 0 aromatic heterocycles. The molecule has 0 radical (unpaired) electrons. The van der Waals surface area contributed by atoms with Gasteiger partial charge in [-0.05, 0) is 43.0 Å². The summed E-state index contributed by atoms with van der Waals surface area (Å²) in [5, 5.41) is 0. The Kier molecular flexibility index (Phi) is 1.59. The molecule has 1 saturated heterocycles. The van der Waals surface area contributed by atoms with Crippen LogP contribution in [-0.2, 0) is 6.42 Å². The molecule has 2 aliphatic heterocycles. The summed E-state index contributed by atoms with van der Waals surface area (Å²) in [5.41, 5.74) is 8.26. The molecule has 14 heavy (non-hydrogen) atoms. The van der Waals surface area contributed by atoms with E-state index in [0.717, 1.165) is 30.5 Å². The lowest BCUT2D eigenvalue weighted by molar-refractivity contribution is 0.625. The predicted octanol–water partition coefficient (Wildman–Crippen LogP) is 1.64. The molecule has 2 aliphatic rings. The number of nitrogens with two attached hydrogens (primary N) is 1. The van der Waals surface area contributed by atoms with Crippen molar-refractivity contribution < 1.29 is 4.39 Å². The maximum Gasteiger partial charge on any atom is 0.123 e. The summed E-state index contributed by atoms with van der Waals surface area (Å²) in [6.45, 7) is 0. The maximum absolute atomic E-state index is 13.0. The number of halogens is 1. The molecule has 0 amide bonds. The van der Waals surface area contributed by atoms with Gasteiger partial charge in [0.25, 0.3) is 0 Å². The van der Waals surface area contributed by atoms with E-state index in [1.165, 1.54) is 6.07 Å². The van der Waals surface area contributed by atoms with Gasteiger partial charge in [-0.15, -0.1) is 0 Å². The first-order valence-electron chi connectivity index (χ1n) is 5.08. The van der Waals surface area contributed by atoms with Gasteiger partial charge in [0, 0.05) is 11.7 Å². The van der Waals surface area contributed by atoms with E-state index < -0.39 is 0 Å². The minimum absolute atomic E-state index is 0.131. The molecule has 2 atom stereocenters. The van der Waals surface area contributed by atoms with Crippen molar-refractivity contribution in [2.75, 3.05) is 4.90 Å². The van der Waals surface area contributed by atoms with Gasteiger partial charge < -0.3 is 10.6 Å². The molecule has 3 heteroatoms. The first kappa shape index (κ1) is 8.24. The van der Waals surface area contributed by atoms with Crippen LogP contribution in [0.15, 0.2) is 18.2 Å². The topological polar surface area (TPSA) is 29.3 Å². The zero-order valence-corrected chi connectivity index (χ0v) is 7.91. The van der Waals surface area contributed by atoms with E-state index >= 15 is 0 Å². The molecule has 74 valence electrons. The molecule has 0 saturated carbocycles. The third-order valence-electron chi connectivity index (χ3n) is 3.32. The van der Waals surface area contributed by atoms with Crippen molar-refractivity contribution in [2.24, 2.45) is 5.73 Å². The Hall–Kier alpha value is -1.09. The van der Waals surface area contributed by atoms with Crippen LogP contribution >= 0.6 is 0 Å². The van der Waals surface area contributed by atoms with Crippen LogP contribution in [-0.4, -0.2) is 12.2 Å². The monoisotopic (exact) mass is 192 g/mol. The minimum Gasteiger partial charge on any atom is -0.353 e. The van der Waals surface area contributed by atoms with Crippen molar-refractivity contribution >= 4 is 5.69 Å². The third-order valence-corrected chi connectivity index (χ3v) is 3.32. The highest BCUT2D eigenvalue weighted by Gasteiger charge is 2.37. The third kappa shape index (κ3) is 0.989. The highest BCUT2D eigenvalue weighted by atomic mass is 19.1. The number of hydrogen-bond donors (Lipinski definition) is 1. The quantitative estimate of drug-likeness (QED) is 0.677. The van der Waals surface area contributed by atoms with Gasteiger partial charge in [-0.25, -0.2) is 4.39 Å². The van der Waals surface area contributed by atoms with Gasteiger partial charge in [0.05, 0.1) is 6.17 Å². The fraction of sp³-hybridized carbons (Fsp3) is 0.455. The molecule has 3 rings (SSSR count). The summed E-state index contributed by atoms with van der Waals surface area (Å²) >= 11 is 0. The lowest BCUT2D eigenvalue weighted by Gasteiger charge is -2.24. The van der Waals surface area contributed by atoms with Gasteiger partial charge in [0.15, 0.2) is 0 Å². The first-order valence-corrected chi connectivity index (χ1v) is 5.08. The van der Waals surface area contributed by atoms with Crippen LogP contribution in [0.1, 0.15) is 18.4 Å². The number of anilines is 1. The predicted molar refractivity (Wildman–Crippen MR) is 53.6 cm³/mol. The Morgan fingerprint density at radius 1 is 1.36 bits per heavy atom. The summed E-state index contributed by atoms with van der Waals surface area (Å²) < 4.78 is 13.0. The SMILES string of the molecule is NC1CCC2Cc3cc(F)ccc3N12. The van der Waals surface area contributed by atoms with E-state index in [0.29, 0.717) is 6.04 Å². The smallest absolute Gasteiger partial charge is 0.123 e. The van der Waals surface area contributed by atoms with E-state index in [9.17, 15) is 4.39 Å². The Labute approximate surface area is 82.5 Å². The highest BCUT2D eigenvalue weighted by molar-refractivity contribution is 5.61. The van der Waals surface area contributed by atoms with E-state index in [-0.39, 0.29) is 12.0 Å².